The number of unbranched alkanes of at least 4 members (excludes halogenated alkanes) is 1. The van der Waals surface area contributed by atoms with Crippen molar-refractivity contribution in [2.24, 2.45) is 4.36 Å². The molecule has 0 radical (unpaired) electrons. The van der Waals surface area contributed by atoms with Gasteiger partial charge in [0.25, 0.3) is 15.7 Å². The fraction of sp³-hybridized carbons (Fsp3) is 0.303. The number of benzene rings is 3. The topological polar surface area (TPSA) is 242 Å². The molecular weight excluding hydrogens is 778 g/mol. The third-order valence-electron chi connectivity index (χ3n) is 7.09. The van der Waals surface area contributed by atoms with E-state index in [2.05, 4.69) is 14.3 Å². The van der Waals surface area contributed by atoms with Crippen molar-refractivity contribution in [1.29, 1.82) is 0 Å². The van der Waals surface area contributed by atoms with Crippen molar-refractivity contribution in [3.8, 4) is 17.0 Å². The van der Waals surface area contributed by atoms with Crippen LogP contribution in [-0.2, 0) is 30.2 Å². The number of nitrogens with zero attached hydrogens (tertiary/aromatic N) is 5. The summed E-state index contributed by atoms with van der Waals surface area (Å²) in [5.41, 5.74) is -1.73. The zero-order valence-electron chi connectivity index (χ0n) is 29.3. The summed E-state index contributed by atoms with van der Waals surface area (Å²) in [4.78, 5) is 30.2. The molecule has 0 aliphatic rings. The number of anilines is 1. The molecule has 54 heavy (non-hydrogen) atoms. The van der Waals surface area contributed by atoms with Gasteiger partial charge < -0.3 is 25.6 Å². The SMILES string of the molecule is CC(C)(C)OC(=O)N=S(C)(=O)Cc1cc(OCCCCN(c2cc(F)ccc2-c2nc(Cl)ncc2F)S(=O)(=O)c2ccccc2[NH2+][O-])cc([N+](=O)[O-])c1.O. The average Bonchev–Trinajstić information content (AvgIpc) is 3.05. The van der Waals surface area contributed by atoms with Gasteiger partial charge in [-0.15, -0.1) is 4.36 Å². The van der Waals surface area contributed by atoms with Gasteiger partial charge in [-0.3, -0.25) is 14.4 Å². The zero-order valence-corrected chi connectivity index (χ0v) is 31.7. The van der Waals surface area contributed by atoms with Gasteiger partial charge in [-0.05, 0) is 81.1 Å². The first-order valence-electron chi connectivity index (χ1n) is 15.7. The predicted octanol–water partition coefficient (Wildman–Crippen LogP) is 5.44. The smallest absolute Gasteiger partial charge is 0.442 e. The molecule has 4 N–H and O–H groups in total. The lowest BCUT2D eigenvalue weighted by Gasteiger charge is -2.27. The van der Waals surface area contributed by atoms with E-state index in [9.17, 15) is 41.5 Å². The van der Waals surface area contributed by atoms with E-state index in [0.717, 1.165) is 34.8 Å². The van der Waals surface area contributed by atoms with Gasteiger partial charge >= 0.3 is 6.09 Å². The summed E-state index contributed by atoms with van der Waals surface area (Å²) in [6, 6.07) is 12.1. The van der Waals surface area contributed by atoms with Crippen molar-refractivity contribution in [2.45, 2.75) is 49.9 Å². The summed E-state index contributed by atoms with van der Waals surface area (Å²) >= 11 is 5.91. The van der Waals surface area contributed by atoms with Crippen molar-refractivity contribution >= 4 is 54.5 Å². The predicted molar refractivity (Wildman–Crippen MR) is 196 cm³/mol. The van der Waals surface area contributed by atoms with Crippen molar-refractivity contribution in [1.82, 2.24) is 9.97 Å². The Labute approximate surface area is 314 Å². The minimum atomic E-state index is -4.61. The molecule has 0 saturated heterocycles. The maximum Gasteiger partial charge on any atom is 0.442 e. The van der Waals surface area contributed by atoms with Gasteiger partial charge in [0.1, 0.15) is 33.4 Å². The lowest BCUT2D eigenvalue weighted by molar-refractivity contribution is -0.499. The second-order valence-corrected chi connectivity index (χ2v) is 17.1. The number of aromatic nitrogens is 2. The number of rotatable bonds is 14. The van der Waals surface area contributed by atoms with Crippen LogP contribution in [0, 0.1) is 27.0 Å². The first-order valence-corrected chi connectivity index (χ1v) is 19.6. The van der Waals surface area contributed by atoms with Crippen molar-refractivity contribution < 1.29 is 51.6 Å². The summed E-state index contributed by atoms with van der Waals surface area (Å²) < 4.78 is 86.5. The molecule has 0 aliphatic heterocycles. The minimum Gasteiger partial charge on any atom is -0.630 e. The third kappa shape index (κ3) is 11.6. The van der Waals surface area contributed by atoms with Gasteiger partial charge in [0.2, 0.25) is 5.28 Å². The van der Waals surface area contributed by atoms with Crippen LogP contribution in [0.2, 0.25) is 5.28 Å². The molecule has 292 valence electrons. The molecule has 1 atom stereocenters. The summed E-state index contributed by atoms with van der Waals surface area (Å²) in [6.07, 6.45) is 1.13. The van der Waals surface area contributed by atoms with Gasteiger partial charge in [0.05, 0.1) is 45.0 Å². The molecule has 1 aromatic heterocycles. The lowest BCUT2D eigenvalue weighted by atomic mass is 10.1. The van der Waals surface area contributed by atoms with Crippen molar-refractivity contribution in [2.75, 3.05) is 23.7 Å². The number of ether oxygens (including phenoxy) is 2. The Hall–Kier alpha value is -4.86. The first kappa shape index (κ1) is 43.5. The van der Waals surface area contributed by atoms with Crippen LogP contribution in [0.5, 0.6) is 5.75 Å². The van der Waals surface area contributed by atoms with Crippen LogP contribution in [0.3, 0.4) is 0 Å². The van der Waals surface area contributed by atoms with E-state index in [1.54, 1.807) is 20.8 Å². The van der Waals surface area contributed by atoms with Crippen LogP contribution in [0.25, 0.3) is 11.3 Å². The highest BCUT2D eigenvalue weighted by Gasteiger charge is 2.31. The van der Waals surface area contributed by atoms with Gasteiger partial charge in [-0.25, -0.2) is 36.2 Å². The van der Waals surface area contributed by atoms with Crippen molar-refractivity contribution in [3.05, 3.63) is 105 Å². The first-order chi connectivity index (χ1) is 24.8. The quantitative estimate of drug-likeness (QED) is 0.0552. The number of sulfonamides is 1. The number of carbonyl (C=O) groups is 1. The van der Waals surface area contributed by atoms with Gasteiger partial charge in [-0.1, -0.05) is 12.1 Å². The Kier molecular flexibility index (Phi) is 14.5. The maximum atomic E-state index is 15.0. The van der Waals surface area contributed by atoms with E-state index in [1.807, 2.05) is 0 Å². The molecule has 0 spiro atoms. The van der Waals surface area contributed by atoms with E-state index >= 15 is 0 Å². The van der Waals surface area contributed by atoms with E-state index in [1.165, 1.54) is 42.7 Å². The number of non-ortho nitro benzene ring substituents is 1. The number of carbonyl (C=O) groups excluding carboxylic acids is 1. The molecule has 0 fully saturated rings. The Morgan fingerprint density at radius 2 is 1.78 bits per heavy atom. The van der Waals surface area contributed by atoms with Crippen LogP contribution in [-0.4, -0.2) is 64.1 Å². The Bertz CT molecular complexity index is 2250. The minimum absolute atomic E-state index is 0. The normalized spacial score (nSPS) is 12.6. The average molecular weight is 815 g/mol. The second kappa shape index (κ2) is 18.0. The standard InChI is InChI=1S/C33H35ClF2N6O9S2.H2O/c1-33(2,3)51-32(43)40-52(4,47)20-21-15-23(42(45)46)18-24(16-21)50-14-8-7-13-41(53(48,49)29-10-6-5-9-27(29)39-44)28-17-22(35)11-12-25(28)30-26(36)19-37-31(34)38-30;/h5-6,9-12,15-19H,7-8,13-14,20,39H2,1-4H3;1H2. The molecular formula is C33H37ClF2N6O10S2. The number of nitrogens with two attached hydrogens (primary N) is 1. The molecule has 0 bridgehead atoms. The molecule has 21 heteroatoms. The van der Waals surface area contributed by atoms with Gasteiger partial charge in [-0.2, -0.15) is 0 Å². The summed E-state index contributed by atoms with van der Waals surface area (Å²) in [5, 5.41) is 23.2. The Morgan fingerprint density at radius 1 is 1.07 bits per heavy atom. The van der Waals surface area contributed by atoms with E-state index in [-0.39, 0.29) is 76.4 Å². The van der Waals surface area contributed by atoms with Crippen LogP contribution in [0.4, 0.5) is 30.6 Å². The van der Waals surface area contributed by atoms with Crippen LogP contribution in [0.1, 0.15) is 39.2 Å². The molecule has 1 amide bonds. The molecule has 1 unspecified atom stereocenters. The van der Waals surface area contributed by atoms with Crippen LogP contribution < -0.4 is 14.5 Å². The summed E-state index contributed by atoms with van der Waals surface area (Å²) in [6.45, 7) is 4.40. The fourth-order valence-electron chi connectivity index (χ4n) is 4.99. The number of hydrogen-bond acceptors (Lipinski definition) is 11. The highest BCUT2D eigenvalue weighted by atomic mass is 35.5. The van der Waals surface area contributed by atoms with Gasteiger partial charge in [0.15, 0.2) is 5.82 Å². The number of nitro groups is 1. The monoisotopic (exact) mass is 814 g/mol. The Morgan fingerprint density at radius 3 is 2.44 bits per heavy atom. The van der Waals surface area contributed by atoms with Crippen LogP contribution >= 0.6 is 11.6 Å². The van der Waals surface area contributed by atoms with E-state index < -0.39 is 58.6 Å². The molecule has 0 aliphatic carbocycles. The van der Waals surface area contributed by atoms with Crippen LogP contribution in [0.15, 0.2) is 76.1 Å². The maximum absolute atomic E-state index is 15.0. The third-order valence-corrected chi connectivity index (χ3v) is 10.6. The molecule has 4 rings (SSSR count). The fourth-order valence-corrected chi connectivity index (χ4v) is 8.01. The zero-order chi connectivity index (χ0) is 39.1. The summed E-state index contributed by atoms with van der Waals surface area (Å²) in [5.74, 6) is -2.13. The Balaban J connectivity index is 0.00000784. The number of nitro benzene ring substituents is 1. The highest BCUT2D eigenvalue weighted by Crippen LogP contribution is 2.37. The summed E-state index contributed by atoms with van der Waals surface area (Å²) in [7, 11) is -7.84. The second-order valence-electron chi connectivity index (χ2n) is 12.6. The number of hydrogen-bond donors (Lipinski definition) is 1. The molecule has 16 nitrogen and oxygen atoms in total. The molecule has 1 heterocycles. The van der Waals surface area contributed by atoms with Gasteiger partial charge in [0, 0.05) is 30.5 Å². The number of quaternary nitrogens is 1. The largest absolute Gasteiger partial charge is 0.630 e. The number of halogens is 3. The van der Waals surface area contributed by atoms with Crippen molar-refractivity contribution in [3.63, 3.8) is 0 Å². The highest BCUT2D eigenvalue weighted by molar-refractivity contribution is 7.93. The number of amides is 1. The molecule has 3 aromatic carbocycles. The molecule has 0 saturated carbocycles. The van der Waals surface area contributed by atoms with E-state index in [0.29, 0.717) is 5.48 Å². The molecule has 4 aromatic rings. The van der Waals surface area contributed by atoms with E-state index in [4.69, 9.17) is 21.1 Å². The lowest BCUT2D eigenvalue weighted by Crippen LogP contribution is -2.70.